The Morgan fingerprint density at radius 1 is 1.53 bits per heavy atom. The molecule has 6 heteroatoms. The summed E-state index contributed by atoms with van der Waals surface area (Å²) >= 11 is 6.28. The molecule has 82 valence electrons. The number of rotatable bonds is 1. The number of nitrogens with one attached hydrogen (secondary N) is 2. The van der Waals surface area contributed by atoms with Gasteiger partial charge in [-0.1, -0.05) is 24.0 Å². The van der Waals surface area contributed by atoms with Crippen LogP contribution in [0.15, 0.2) is 11.1 Å². The number of nitrogens with zero attached hydrogens (tertiary/aromatic N) is 1. The predicted molar refractivity (Wildman–Crippen MR) is 64.6 cm³/mol. The van der Waals surface area contributed by atoms with Crippen molar-refractivity contribution in [2.24, 2.45) is 0 Å². The smallest absolute Gasteiger partial charge is 0.265 e. The molecule has 0 aliphatic carbocycles. The van der Waals surface area contributed by atoms with Crippen LogP contribution < -0.4 is 10.2 Å². The molecule has 0 radical (unpaired) electrons. The van der Waals surface area contributed by atoms with E-state index in [9.17, 15) is 4.79 Å². The minimum Gasteiger partial charge on any atom is -0.365 e. The van der Waals surface area contributed by atoms with Gasteiger partial charge in [0, 0.05) is 6.20 Å². The van der Waals surface area contributed by atoms with Gasteiger partial charge in [-0.3, -0.25) is 4.79 Å². The summed E-state index contributed by atoms with van der Waals surface area (Å²) in [7, 11) is 2.19. The molecule has 0 atom stereocenters. The van der Waals surface area contributed by atoms with E-state index in [4.69, 9.17) is 12.2 Å². The molecule has 2 aliphatic heterocycles. The van der Waals surface area contributed by atoms with E-state index in [1.54, 1.807) is 4.90 Å². The first-order valence-electron chi connectivity index (χ1n) is 4.95. The molecule has 15 heavy (non-hydrogen) atoms. The van der Waals surface area contributed by atoms with Crippen LogP contribution in [0.3, 0.4) is 0 Å². The van der Waals surface area contributed by atoms with E-state index in [1.165, 1.54) is 11.8 Å². The van der Waals surface area contributed by atoms with Crippen molar-refractivity contribution in [2.75, 3.05) is 33.2 Å². The number of quaternary nitrogens is 1. The normalized spacial score (nSPS) is 26.2. The van der Waals surface area contributed by atoms with Crippen molar-refractivity contribution in [3.8, 4) is 0 Å². The molecule has 2 saturated heterocycles. The minimum absolute atomic E-state index is 0.0590. The molecule has 2 aliphatic rings. The van der Waals surface area contributed by atoms with Crippen LogP contribution in [0.25, 0.3) is 0 Å². The minimum atomic E-state index is -0.0590. The molecule has 0 spiro atoms. The van der Waals surface area contributed by atoms with Crippen LogP contribution in [-0.4, -0.2) is 48.4 Å². The molecule has 0 unspecified atom stereocenters. The second-order valence-corrected chi connectivity index (χ2v) is 5.55. The summed E-state index contributed by atoms with van der Waals surface area (Å²) in [6.07, 6.45) is 1.94. The molecule has 1 amide bonds. The van der Waals surface area contributed by atoms with Gasteiger partial charge in [0.05, 0.1) is 38.1 Å². The number of carbonyl (C=O) groups is 1. The van der Waals surface area contributed by atoms with Gasteiger partial charge in [0.2, 0.25) is 0 Å². The highest BCUT2D eigenvalue weighted by atomic mass is 32.2. The number of hydrogen-bond acceptors (Lipinski definition) is 4. The Morgan fingerprint density at radius 2 is 2.20 bits per heavy atom. The lowest BCUT2D eigenvalue weighted by molar-refractivity contribution is -0.883. The number of likely N-dealkylation sites (N-methyl/N-ethyl adjacent to an activating group) is 1. The van der Waals surface area contributed by atoms with E-state index in [1.807, 2.05) is 6.20 Å². The summed E-state index contributed by atoms with van der Waals surface area (Å²) in [5, 5.41) is 2.62. The highest BCUT2D eigenvalue weighted by Crippen LogP contribution is 2.23. The molecule has 0 aromatic carbocycles. The van der Waals surface area contributed by atoms with Crippen LogP contribution >= 0.6 is 24.0 Å². The molecule has 0 aromatic heterocycles. The molecule has 0 bridgehead atoms. The van der Waals surface area contributed by atoms with Gasteiger partial charge < -0.3 is 15.1 Å². The third-order valence-electron chi connectivity index (χ3n) is 2.59. The predicted octanol–water partition coefficient (Wildman–Crippen LogP) is -1.19. The third-order valence-corrected chi connectivity index (χ3v) is 3.74. The fourth-order valence-electron chi connectivity index (χ4n) is 1.61. The van der Waals surface area contributed by atoms with Gasteiger partial charge in [0.25, 0.3) is 5.91 Å². The Morgan fingerprint density at radius 3 is 2.73 bits per heavy atom. The number of thioether (sulfide) groups is 1. The monoisotopic (exact) mass is 244 g/mol. The van der Waals surface area contributed by atoms with Crippen molar-refractivity contribution < 1.29 is 9.69 Å². The van der Waals surface area contributed by atoms with Crippen LogP contribution in [-0.2, 0) is 4.79 Å². The molecule has 2 heterocycles. The van der Waals surface area contributed by atoms with Crippen molar-refractivity contribution >= 4 is 34.2 Å². The maximum Gasteiger partial charge on any atom is 0.265 e. The maximum absolute atomic E-state index is 11.4. The maximum atomic E-state index is 11.4. The lowest BCUT2D eigenvalue weighted by Gasteiger charge is -2.29. The fraction of sp³-hybridized carbons (Fsp3) is 0.556. The first-order valence-corrected chi connectivity index (χ1v) is 6.18. The number of amides is 1. The first-order chi connectivity index (χ1) is 7.15. The van der Waals surface area contributed by atoms with Crippen LogP contribution in [0.5, 0.6) is 0 Å². The van der Waals surface area contributed by atoms with Gasteiger partial charge in [0.1, 0.15) is 4.32 Å². The van der Waals surface area contributed by atoms with Crippen molar-refractivity contribution in [1.29, 1.82) is 0 Å². The fourth-order valence-corrected chi connectivity index (χ4v) is 2.66. The largest absolute Gasteiger partial charge is 0.365 e. The Balaban J connectivity index is 1.98. The van der Waals surface area contributed by atoms with E-state index < -0.39 is 0 Å². The zero-order valence-corrected chi connectivity index (χ0v) is 10.2. The van der Waals surface area contributed by atoms with Crippen molar-refractivity contribution in [3.63, 3.8) is 0 Å². The summed E-state index contributed by atoms with van der Waals surface area (Å²) in [6, 6.07) is 0. The van der Waals surface area contributed by atoms with E-state index in [0.717, 1.165) is 31.1 Å². The Bertz CT molecular complexity index is 321. The zero-order chi connectivity index (χ0) is 10.8. The SMILES string of the molecule is C[NH+]1CCN(C=C2SC(=S)NC2=O)CC1. The standard InChI is InChI=1S/C9H13N3OS2/c1-11-2-4-12(5-3-11)6-7-8(13)10-9(14)15-7/h6H,2-5H2,1H3,(H,10,13,14)/p+1. The topological polar surface area (TPSA) is 36.8 Å². The highest BCUT2D eigenvalue weighted by Gasteiger charge is 2.24. The Labute approximate surface area is 98.7 Å². The molecular weight excluding hydrogens is 230 g/mol. The first kappa shape index (κ1) is 10.9. The number of thiocarbonyl (C=S) groups is 1. The molecule has 0 aromatic rings. The van der Waals surface area contributed by atoms with Gasteiger partial charge in [-0.15, -0.1) is 0 Å². The molecule has 2 rings (SSSR count). The summed E-state index contributed by atoms with van der Waals surface area (Å²) in [4.78, 5) is 15.9. The molecule has 0 saturated carbocycles. The van der Waals surface area contributed by atoms with E-state index in [0.29, 0.717) is 4.32 Å². The van der Waals surface area contributed by atoms with Crippen LogP contribution in [0.2, 0.25) is 0 Å². The van der Waals surface area contributed by atoms with Gasteiger partial charge >= 0.3 is 0 Å². The van der Waals surface area contributed by atoms with Gasteiger partial charge in [-0.05, 0) is 0 Å². The quantitative estimate of drug-likeness (QED) is 0.449. The summed E-state index contributed by atoms with van der Waals surface area (Å²) in [5.74, 6) is -0.0590. The average molecular weight is 244 g/mol. The average Bonchev–Trinajstić information content (AvgIpc) is 2.49. The number of hydrogen-bond donors (Lipinski definition) is 2. The Hall–Kier alpha value is -0.590. The van der Waals surface area contributed by atoms with E-state index >= 15 is 0 Å². The summed E-state index contributed by atoms with van der Waals surface area (Å²) in [6.45, 7) is 4.27. The molecule has 4 nitrogen and oxygen atoms in total. The molecule has 2 N–H and O–H groups in total. The van der Waals surface area contributed by atoms with Crippen LogP contribution in [0, 0.1) is 0 Å². The Kier molecular flexibility index (Phi) is 3.28. The van der Waals surface area contributed by atoms with Gasteiger partial charge in [0.15, 0.2) is 0 Å². The lowest BCUT2D eigenvalue weighted by atomic mass is 10.3. The number of carbonyl (C=O) groups excluding carboxylic acids is 1. The van der Waals surface area contributed by atoms with Crippen molar-refractivity contribution in [1.82, 2.24) is 10.2 Å². The summed E-state index contributed by atoms with van der Waals surface area (Å²) < 4.78 is 0.561. The molecule has 2 fully saturated rings. The van der Waals surface area contributed by atoms with Crippen molar-refractivity contribution in [3.05, 3.63) is 11.1 Å². The highest BCUT2D eigenvalue weighted by molar-refractivity contribution is 8.26. The van der Waals surface area contributed by atoms with Crippen LogP contribution in [0.1, 0.15) is 0 Å². The van der Waals surface area contributed by atoms with Gasteiger partial charge in [-0.2, -0.15) is 0 Å². The van der Waals surface area contributed by atoms with E-state index in [-0.39, 0.29) is 5.91 Å². The zero-order valence-electron chi connectivity index (χ0n) is 8.58. The second kappa shape index (κ2) is 4.51. The second-order valence-electron chi connectivity index (χ2n) is 3.83. The van der Waals surface area contributed by atoms with E-state index in [2.05, 4.69) is 17.3 Å². The molecular formula is C9H14N3OS2+. The number of piperazine rings is 1. The van der Waals surface area contributed by atoms with Crippen molar-refractivity contribution in [2.45, 2.75) is 0 Å². The summed E-state index contributed by atoms with van der Waals surface area (Å²) in [5.41, 5.74) is 0. The lowest BCUT2D eigenvalue weighted by Crippen LogP contribution is -3.11. The van der Waals surface area contributed by atoms with Gasteiger partial charge in [-0.25, -0.2) is 0 Å². The third kappa shape index (κ3) is 2.70. The van der Waals surface area contributed by atoms with Crippen LogP contribution in [0.4, 0.5) is 0 Å².